The maximum atomic E-state index is 12.1. The average Bonchev–Trinajstić information content (AvgIpc) is 2.47. The molecule has 0 spiro atoms. The Morgan fingerprint density at radius 3 is 2.50 bits per heavy atom. The van der Waals surface area contributed by atoms with E-state index in [9.17, 15) is 4.79 Å². The third kappa shape index (κ3) is 3.12. The van der Waals surface area contributed by atoms with Crippen LogP contribution in [0.15, 0.2) is 36.7 Å². The van der Waals surface area contributed by atoms with Gasteiger partial charge in [0.15, 0.2) is 11.5 Å². The van der Waals surface area contributed by atoms with E-state index >= 15 is 0 Å². The fraction of sp³-hybridized carbons (Fsp3) is 0.267. The summed E-state index contributed by atoms with van der Waals surface area (Å²) in [5.74, 6) is -0.179. The number of nitrogens with two attached hydrogens (primary N) is 1. The highest BCUT2D eigenvalue weighted by atomic mass is 16.2. The molecule has 0 saturated heterocycles. The van der Waals surface area contributed by atoms with E-state index in [0.717, 1.165) is 12.0 Å². The van der Waals surface area contributed by atoms with Gasteiger partial charge in [0.1, 0.15) is 0 Å². The van der Waals surface area contributed by atoms with Crippen LogP contribution >= 0.6 is 0 Å². The number of amides is 1. The van der Waals surface area contributed by atoms with Gasteiger partial charge in [0.05, 0.1) is 6.04 Å². The second-order valence-electron chi connectivity index (χ2n) is 4.58. The van der Waals surface area contributed by atoms with Gasteiger partial charge in [-0.25, -0.2) is 9.97 Å². The SMILES string of the molecule is CCc1ccc(C(C)NC(=O)c2nccnc2N)cc1. The minimum Gasteiger partial charge on any atom is -0.382 e. The third-order valence-corrected chi connectivity index (χ3v) is 3.18. The number of nitrogens with one attached hydrogen (secondary N) is 1. The molecule has 1 amide bonds. The first kappa shape index (κ1) is 14.0. The molecular formula is C15H18N4O. The molecule has 1 heterocycles. The monoisotopic (exact) mass is 270 g/mol. The zero-order valence-electron chi connectivity index (χ0n) is 11.6. The summed E-state index contributed by atoms with van der Waals surface area (Å²) in [5.41, 5.74) is 8.11. The summed E-state index contributed by atoms with van der Waals surface area (Å²) in [7, 11) is 0. The Hall–Kier alpha value is -2.43. The van der Waals surface area contributed by atoms with Crippen LogP contribution in [0.1, 0.15) is 41.5 Å². The summed E-state index contributed by atoms with van der Waals surface area (Å²) in [6, 6.07) is 8.05. The third-order valence-electron chi connectivity index (χ3n) is 3.18. The lowest BCUT2D eigenvalue weighted by Gasteiger charge is -2.14. The second-order valence-corrected chi connectivity index (χ2v) is 4.58. The number of hydrogen-bond donors (Lipinski definition) is 2. The van der Waals surface area contributed by atoms with Crippen LogP contribution in [0.5, 0.6) is 0 Å². The van der Waals surface area contributed by atoms with Crippen molar-refractivity contribution in [2.24, 2.45) is 0 Å². The van der Waals surface area contributed by atoms with Crippen molar-refractivity contribution in [2.45, 2.75) is 26.3 Å². The molecular weight excluding hydrogens is 252 g/mol. The molecule has 2 rings (SSSR count). The van der Waals surface area contributed by atoms with Crippen molar-refractivity contribution in [2.75, 3.05) is 5.73 Å². The predicted octanol–water partition coefficient (Wildman–Crippen LogP) is 2.11. The minimum absolute atomic E-state index is 0.116. The van der Waals surface area contributed by atoms with Crippen LogP contribution < -0.4 is 11.1 Å². The lowest BCUT2D eigenvalue weighted by molar-refractivity contribution is 0.0935. The largest absolute Gasteiger partial charge is 0.382 e. The summed E-state index contributed by atoms with van der Waals surface area (Å²) in [6.45, 7) is 4.03. The highest BCUT2D eigenvalue weighted by Crippen LogP contribution is 2.15. The van der Waals surface area contributed by atoms with Gasteiger partial charge >= 0.3 is 0 Å². The summed E-state index contributed by atoms with van der Waals surface area (Å²) < 4.78 is 0. The number of aryl methyl sites for hydroxylation is 1. The Labute approximate surface area is 118 Å². The van der Waals surface area contributed by atoms with Crippen molar-refractivity contribution in [3.63, 3.8) is 0 Å². The molecule has 0 fully saturated rings. The van der Waals surface area contributed by atoms with Gasteiger partial charge in [-0.15, -0.1) is 0 Å². The Kier molecular flexibility index (Phi) is 4.30. The summed E-state index contributed by atoms with van der Waals surface area (Å²) in [4.78, 5) is 19.9. The standard InChI is InChI=1S/C15H18N4O/c1-3-11-4-6-12(7-5-11)10(2)19-15(20)13-14(16)18-9-8-17-13/h4-10H,3H2,1-2H3,(H2,16,18)(H,19,20). The molecule has 0 radical (unpaired) electrons. The molecule has 0 saturated carbocycles. The van der Waals surface area contributed by atoms with Crippen molar-refractivity contribution < 1.29 is 4.79 Å². The fourth-order valence-corrected chi connectivity index (χ4v) is 1.91. The molecule has 0 bridgehead atoms. The summed E-state index contributed by atoms with van der Waals surface area (Å²) in [5, 5.41) is 2.87. The van der Waals surface area contributed by atoms with Gasteiger partial charge in [-0.05, 0) is 24.5 Å². The Morgan fingerprint density at radius 2 is 1.90 bits per heavy atom. The molecule has 0 aliphatic heterocycles. The number of nitrogens with zero attached hydrogens (tertiary/aromatic N) is 2. The second kappa shape index (κ2) is 6.14. The maximum Gasteiger partial charge on any atom is 0.274 e. The quantitative estimate of drug-likeness (QED) is 0.891. The summed E-state index contributed by atoms with van der Waals surface area (Å²) >= 11 is 0. The van der Waals surface area contributed by atoms with Gasteiger partial charge in [0, 0.05) is 12.4 Å². The molecule has 5 nitrogen and oxygen atoms in total. The molecule has 2 aromatic rings. The molecule has 20 heavy (non-hydrogen) atoms. The molecule has 1 unspecified atom stereocenters. The van der Waals surface area contributed by atoms with Gasteiger partial charge < -0.3 is 11.1 Å². The van der Waals surface area contributed by atoms with E-state index in [4.69, 9.17) is 5.73 Å². The molecule has 1 aromatic carbocycles. The smallest absolute Gasteiger partial charge is 0.274 e. The number of carbonyl (C=O) groups is 1. The first-order valence-corrected chi connectivity index (χ1v) is 6.58. The molecule has 104 valence electrons. The van der Waals surface area contributed by atoms with Crippen molar-refractivity contribution in [1.82, 2.24) is 15.3 Å². The average molecular weight is 270 g/mol. The zero-order chi connectivity index (χ0) is 14.5. The number of hydrogen-bond acceptors (Lipinski definition) is 4. The Bertz CT molecular complexity index is 595. The zero-order valence-corrected chi connectivity index (χ0v) is 11.6. The first-order chi connectivity index (χ1) is 9.61. The van der Waals surface area contributed by atoms with E-state index in [0.29, 0.717) is 0 Å². The topological polar surface area (TPSA) is 80.9 Å². The fourth-order valence-electron chi connectivity index (χ4n) is 1.91. The molecule has 0 aliphatic carbocycles. The molecule has 3 N–H and O–H groups in total. The van der Waals surface area contributed by atoms with Crippen molar-refractivity contribution in [1.29, 1.82) is 0 Å². The van der Waals surface area contributed by atoms with E-state index in [1.54, 1.807) is 0 Å². The van der Waals surface area contributed by atoms with Crippen LogP contribution in [0, 0.1) is 0 Å². The number of rotatable bonds is 4. The number of nitrogen functional groups attached to an aromatic ring is 1. The van der Waals surface area contributed by atoms with Crippen molar-refractivity contribution in [3.8, 4) is 0 Å². The first-order valence-electron chi connectivity index (χ1n) is 6.58. The number of carbonyl (C=O) groups excluding carboxylic acids is 1. The maximum absolute atomic E-state index is 12.1. The van der Waals surface area contributed by atoms with Crippen molar-refractivity contribution in [3.05, 3.63) is 53.5 Å². The lowest BCUT2D eigenvalue weighted by Crippen LogP contribution is -2.28. The normalized spacial score (nSPS) is 11.9. The van der Waals surface area contributed by atoms with Crippen LogP contribution in [0.25, 0.3) is 0 Å². The number of benzene rings is 1. The van der Waals surface area contributed by atoms with Crippen molar-refractivity contribution >= 4 is 11.7 Å². The highest BCUT2D eigenvalue weighted by Gasteiger charge is 2.15. The molecule has 0 aliphatic rings. The Morgan fingerprint density at radius 1 is 1.25 bits per heavy atom. The van der Waals surface area contributed by atoms with Crippen LogP contribution in [0.2, 0.25) is 0 Å². The van der Waals surface area contributed by atoms with Crippen LogP contribution in [0.4, 0.5) is 5.82 Å². The Balaban J connectivity index is 2.09. The number of anilines is 1. The number of aromatic nitrogens is 2. The van der Waals surface area contributed by atoms with Gasteiger partial charge in [-0.2, -0.15) is 0 Å². The van der Waals surface area contributed by atoms with Crippen LogP contribution in [-0.4, -0.2) is 15.9 Å². The van der Waals surface area contributed by atoms with E-state index in [-0.39, 0.29) is 23.5 Å². The summed E-state index contributed by atoms with van der Waals surface area (Å²) in [6.07, 6.45) is 3.90. The van der Waals surface area contributed by atoms with E-state index < -0.39 is 0 Å². The van der Waals surface area contributed by atoms with E-state index in [1.165, 1.54) is 18.0 Å². The van der Waals surface area contributed by atoms with Gasteiger partial charge in [-0.1, -0.05) is 31.2 Å². The van der Waals surface area contributed by atoms with Gasteiger partial charge in [0.2, 0.25) is 0 Å². The van der Waals surface area contributed by atoms with Gasteiger partial charge in [-0.3, -0.25) is 4.79 Å². The molecule has 1 atom stereocenters. The lowest BCUT2D eigenvalue weighted by atomic mass is 10.0. The van der Waals surface area contributed by atoms with E-state index in [1.807, 2.05) is 19.1 Å². The highest BCUT2D eigenvalue weighted by molar-refractivity contribution is 5.96. The van der Waals surface area contributed by atoms with Crippen LogP contribution in [0.3, 0.4) is 0 Å². The van der Waals surface area contributed by atoms with E-state index in [2.05, 4.69) is 34.3 Å². The van der Waals surface area contributed by atoms with Gasteiger partial charge in [0.25, 0.3) is 5.91 Å². The molecule has 1 aromatic heterocycles. The molecule has 5 heteroatoms. The van der Waals surface area contributed by atoms with Crippen LogP contribution in [-0.2, 0) is 6.42 Å². The predicted molar refractivity (Wildman–Crippen MR) is 78.1 cm³/mol. The minimum atomic E-state index is -0.317.